The van der Waals surface area contributed by atoms with Gasteiger partial charge in [0.25, 0.3) is 0 Å². The molecule has 0 saturated carbocycles. The summed E-state index contributed by atoms with van der Waals surface area (Å²) in [5.41, 5.74) is 5.19. The molecule has 1 unspecified atom stereocenters. The summed E-state index contributed by atoms with van der Waals surface area (Å²) in [7, 11) is 0. The molecule has 3 aromatic carbocycles. The fourth-order valence-electron chi connectivity index (χ4n) is 3.56. The SMILES string of the molecule is CC1Cc2c(OCc3ccccc3)cccc2N1Cc1ccccc1. The van der Waals surface area contributed by atoms with Crippen LogP contribution in [0.3, 0.4) is 0 Å². The van der Waals surface area contributed by atoms with Crippen molar-refractivity contribution in [3.63, 3.8) is 0 Å². The highest BCUT2D eigenvalue weighted by Gasteiger charge is 2.28. The van der Waals surface area contributed by atoms with E-state index in [1.54, 1.807) is 0 Å². The summed E-state index contributed by atoms with van der Waals surface area (Å²) < 4.78 is 6.16. The minimum atomic E-state index is 0.483. The Morgan fingerprint density at radius 3 is 2.24 bits per heavy atom. The standard InChI is InChI=1S/C23H23NO/c1-18-15-21-22(24(18)16-19-9-4-2-5-10-19)13-8-14-23(21)25-17-20-11-6-3-7-12-20/h2-14,18H,15-17H2,1H3. The van der Waals surface area contributed by atoms with Gasteiger partial charge >= 0.3 is 0 Å². The zero-order valence-electron chi connectivity index (χ0n) is 14.6. The van der Waals surface area contributed by atoms with Crippen LogP contribution in [0.5, 0.6) is 5.75 Å². The Morgan fingerprint density at radius 2 is 1.52 bits per heavy atom. The van der Waals surface area contributed by atoms with E-state index in [2.05, 4.69) is 84.6 Å². The number of hydrogen-bond donors (Lipinski definition) is 0. The predicted octanol–water partition coefficient (Wildman–Crippen LogP) is 5.22. The Hall–Kier alpha value is -2.74. The molecule has 4 rings (SSSR count). The summed E-state index contributed by atoms with van der Waals surface area (Å²) >= 11 is 0. The summed E-state index contributed by atoms with van der Waals surface area (Å²) in [6, 6.07) is 27.9. The Morgan fingerprint density at radius 1 is 0.840 bits per heavy atom. The van der Waals surface area contributed by atoms with Crippen molar-refractivity contribution in [1.29, 1.82) is 0 Å². The van der Waals surface area contributed by atoms with Gasteiger partial charge in [0, 0.05) is 23.8 Å². The lowest BCUT2D eigenvalue weighted by molar-refractivity contribution is 0.303. The van der Waals surface area contributed by atoms with E-state index in [1.807, 2.05) is 6.07 Å². The zero-order chi connectivity index (χ0) is 17.1. The minimum Gasteiger partial charge on any atom is -0.489 e. The van der Waals surface area contributed by atoms with Crippen LogP contribution in [-0.2, 0) is 19.6 Å². The highest BCUT2D eigenvalue weighted by atomic mass is 16.5. The first-order valence-corrected chi connectivity index (χ1v) is 8.90. The van der Waals surface area contributed by atoms with Crippen molar-refractivity contribution in [3.8, 4) is 5.75 Å². The number of rotatable bonds is 5. The molecule has 25 heavy (non-hydrogen) atoms. The number of benzene rings is 3. The van der Waals surface area contributed by atoms with Crippen molar-refractivity contribution in [3.05, 3.63) is 95.6 Å². The summed E-state index contributed by atoms with van der Waals surface area (Å²) in [6.45, 7) is 3.85. The molecule has 2 nitrogen and oxygen atoms in total. The topological polar surface area (TPSA) is 12.5 Å². The lowest BCUT2D eigenvalue weighted by Crippen LogP contribution is -2.28. The van der Waals surface area contributed by atoms with E-state index in [4.69, 9.17) is 4.74 Å². The molecule has 0 spiro atoms. The monoisotopic (exact) mass is 329 g/mol. The van der Waals surface area contributed by atoms with Crippen molar-refractivity contribution in [2.45, 2.75) is 32.5 Å². The maximum absolute atomic E-state index is 6.16. The number of nitrogens with zero attached hydrogens (tertiary/aromatic N) is 1. The summed E-state index contributed by atoms with van der Waals surface area (Å²) in [5, 5.41) is 0. The molecule has 2 heteroatoms. The smallest absolute Gasteiger partial charge is 0.125 e. The summed E-state index contributed by atoms with van der Waals surface area (Å²) in [6.07, 6.45) is 1.03. The van der Waals surface area contributed by atoms with Crippen LogP contribution in [0.2, 0.25) is 0 Å². The average Bonchev–Trinajstić information content (AvgIpc) is 2.98. The Balaban J connectivity index is 1.55. The van der Waals surface area contributed by atoms with Crippen molar-refractivity contribution >= 4 is 5.69 Å². The second-order valence-corrected chi connectivity index (χ2v) is 6.69. The largest absolute Gasteiger partial charge is 0.489 e. The van der Waals surface area contributed by atoms with Crippen molar-refractivity contribution in [2.75, 3.05) is 4.90 Å². The first kappa shape index (κ1) is 15.8. The molecule has 1 aliphatic rings. The van der Waals surface area contributed by atoms with Crippen LogP contribution >= 0.6 is 0 Å². The van der Waals surface area contributed by atoms with Gasteiger partial charge in [-0.2, -0.15) is 0 Å². The molecule has 0 aromatic heterocycles. The van der Waals surface area contributed by atoms with Gasteiger partial charge in [-0.3, -0.25) is 0 Å². The third kappa shape index (κ3) is 3.39. The maximum Gasteiger partial charge on any atom is 0.125 e. The van der Waals surface area contributed by atoms with E-state index < -0.39 is 0 Å². The Bertz CT molecular complexity index is 829. The summed E-state index contributed by atoms with van der Waals surface area (Å²) in [4.78, 5) is 2.49. The molecule has 0 bridgehead atoms. The first-order valence-electron chi connectivity index (χ1n) is 8.90. The van der Waals surface area contributed by atoms with Crippen LogP contribution in [0.25, 0.3) is 0 Å². The van der Waals surface area contributed by atoms with E-state index in [9.17, 15) is 0 Å². The predicted molar refractivity (Wildman–Crippen MR) is 103 cm³/mol. The molecular formula is C23H23NO. The molecule has 0 amide bonds. The zero-order valence-corrected chi connectivity index (χ0v) is 14.6. The van der Waals surface area contributed by atoms with Crippen LogP contribution in [0, 0.1) is 0 Å². The third-order valence-corrected chi connectivity index (χ3v) is 4.88. The highest BCUT2D eigenvalue weighted by Crippen LogP contribution is 2.39. The van der Waals surface area contributed by atoms with Crippen molar-refractivity contribution < 1.29 is 4.74 Å². The van der Waals surface area contributed by atoms with Gasteiger partial charge in [-0.1, -0.05) is 66.7 Å². The van der Waals surface area contributed by atoms with Gasteiger partial charge < -0.3 is 9.64 Å². The van der Waals surface area contributed by atoms with Gasteiger partial charge in [0.05, 0.1) is 0 Å². The minimum absolute atomic E-state index is 0.483. The fourth-order valence-corrected chi connectivity index (χ4v) is 3.56. The van der Waals surface area contributed by atoms with Crippen LogP contribution < -0.4 is 9.64 Å². The Kier molecular flexibility index (Phi) is 4.43. The molecule has 1 aliphatic heterocycles. The third-order valence-electron chi connectivity index (χ3n) is 4.88. The highest BCUT2D eigenvalue weighted by molar-refractivity contribution is 5.64. The van der Waals surface area contributed by atoms with Crippen molar-refractivity contribution in [1.82, 2.24) is 0 Å². The molecule has 0 aliphatic carbocycles. The summed E-state index contributed by atoms with van der Waals surface area (Å²) in [5.74, 6) is 1.02. The van der Waals surface area contributed by atoms with E-state index in [0.717, 1.165) is 18.7 Å². The van der Waals surface area contributed by atoms with Gasteiger partial charge in [0.2, 0.25) is 0 Å². The lowest BCUT2D eigenvalue weighted by Gasteiger charge is -2.25. The second-order valence-electron chi connectivity index (χ2n) is 6.69. The van der Waals surface area contributed by atoms with Crippen LogP contribution in [-0.4, -0.2) is 6.04 Å². The van der Waals surface area contributed by atoms with Gasteiger partial charge in [-0.15, -0.1) is 0 Å². The fraction of sp³-hybridized carbons (Fsp3) is 0.217. The molecule has 3 aromatic rings. The van der Waals surface area contributed by atoms with E-state index in [-0.39, 0.29) is 0 Å². The maximum atomic E-state index is 6.16. The molecule has 0 radical (unpaired) electrons. The number of hydrogen-bond acceptors (Lipinski definition) is 2. The van der Waals surface area contributed by atoms with Crippen LogP contribution in [0.1, 0.15) is 23.6 Å². The van der Waals surface area contributed by atoms with E-state index in [0.29, 0.717) is 12.6 Å². The number of anilines is 1. The second kappa shape index (κ2) is 7.02. The molecule has 0 N–H and O–H groups in total. The molecular weight excluding hydrogens is 306 g/mol. The molecule has 0 saturated heterocycles. The van der Waals surface area contributed by atoms with Gasteiger partial charge in [-0.05, 0) is 36.6 Å². The number of ether oxygens (including phenoxy) is 1. The first-order chi connectivity index (χ1) is 12.3. The Labute approximate surface area is 149 Å². The normalized spacial score (nSPS) is 15.9. The molecule has 1 heterocycles. The molecule has 1 atom stereocenters. The molecule has 126 valence electrons. The quantitative estimate of drug-likeness (QED) is 0.636. The molecule has 0 fully saturated rings. The average molecular weight is 329 g/mol. The van der Waals surface area contributed by atoms with E-state index >= 15 is 0 Å². The van der Waals surface area contributed by atoms with Crippen LogP contribution in [0.15, 0.2) is 78.9 Å². The van der Waals surface area contributed by atoms with Crippen molar-refractivity contribution in [2.24, 2.45) is 0 Å². The van der Waals surface area contributed by atoms with Crippen LogP contribution in [0.4, 0.5) is 5.69 Å². The van der Waals surface area contributed by atoms with Gasteiger partial charge in [0.15, 0.2) is 0 Å². The number of fused-ring (bicyclic) bond motifs is 1. The lowest BCUT2D eigenvalue weighted by atomic mass is 10.1. The van der Waals surface area contributed by atoms with Gasteiger partial charge in [0.1, 0.15) is 12.4 Å². The van der Waals surface area contributed by atoms with E-state index in [1.165, 1.54) is 22.4 Å². The van der Waals surface area contributed by atoms with Gasteiger partial charge in [-0.25, -0.2) is 0 Å².